The standard InChI is InChI=1S/C29H26N4O2S/c1-23-12-14-26(15-13-23)29-20-30-31-33(29)27-16-18-28(19-17-27)36(34,35)32(21-24-8-4-2-5-9-24)22-25-10-6-3-7-11-25/h2-20H,21-22H2,1H3. The molecule has 1 heterocycles. The van der Waals surface area contributed by atoms with Crippen LogP contribution in [-0.2, 0) is 23.1 Å². The molecule has 5 aromatic rings. The van der Waals surface area contributed by atoms with Gasteiger partial charge in [0.05, 0.1) is 22.5 Å². The van der Waals surface area contributed by atoms with Gasteiger partial charge in [-0.3, -0.25) is 0 Å². The number of hydrogen-bond donors (Lipinski definition) is 0. The van der Waals surface area contributed by atoms with Crippen molar-refractivity contribution >= 4 is 10.0 Å². The fourth-order valence-electron chi connectivity index (χ4n) is 4.06. The smallest absolute Gasteiger partial charge is 0.213 e. The van der Waals surface area contributed by atoms with E-state index >= 15 is 0 Å². The molecule has 0 unspecified atom stereocenters. The van der Waals surface area contributed by atoms with Crippen LogP contribution in [0.5, 0.6) is 0 Å². The van der Waals surface area contributed by atoms with Crippen LogP contribution in [0.25, 0.3) is 16.9 Å². The maximum atomic E-state index is 13.8. The van der Waals surface area contributed by atoms with Crippen LogP contribution in [0.4, 0.5) is 0 Å². The average Bonchev–Trinajstić information content (AvgIpc) is 3.40. The summed E-state index contributed by atoms with van der Waals surface area (Å²) in [5.74, 6) is 0. The third-order valence-electron chi connectivity index (χ3n) is 6.02. The van der Waals surface area contributed by atoms with Crippen LogP contribution in [0.1, 0.15) is 16.7 Å². The number of aryl methyl sites for hydroxylation is 1. The molecule has 0 aliphatic carbocycles. The van der Waals surface area contributed by atoms with E-state index in [0.29, 0.717) is 0 Å². The van der Waals surface area contributed by atoms with Gasteiger partial charge in [0.25, 0.3) is 0 Å². The number of hydrogen-bond acceptors (Lipinski definition) is 4. The molecule has 0 aliphatic heterocycles. The molecular formula is C29H26N4O2S. The molecule has 0 bridgehead atoms. The third-order valence-corrected chi connectivity index (χ3v) is 7.83. The Morgan fingerprint density at radius 3 is 1.83 bits per heavy atom. The van der Waals surface area contributed by atoms with E-state index in [9.17, 15) is 8.42 Å². The minimum absolute atomic E-state index is 0.232. The second-order valence-corrected chi connectivity index (χ2v) is 10.6. The molecule has 0 spiro atoms. The zero-order chi connectivity index (χ0) is 25.0. The van der Waals surface area contributed by atoms with E-state index in [2.05, 4.69) is 10.3 Å². The van der Waals surface area contributed by atoms with Crippen molar-refractivity contribution < 1.29 is 8.42 Å². The molecule has 7 heteroatoms. The molecule has 6 nitrogen and oxygen atoms in total. The zero-order valence-electron chi connectivity index (χ0n) is 19.9. The van der Waals surface area contributed by atoms with E-state index in [4.69, 9.17) is 0 Å². The van der Waals surface area contributed by atoms with Crippen molar-refractivity contribution in [1.29, 1.82) is 0 Å². The Morgan fingerprint density at radius 1 is 0.722 bits per heavy atom. The van der Waals surface area contributed by atoms with Crippen molar-refractivity contribution in [2.24, 2.45) is 0 Å². The summed E-state index contributed by atoms with van der Waals surface area (Å²) in [6, 6.07) is 34.2. The highest BCUT2D eigenvalue weighted by Crippen LogP contribution is 2.25. The molecular weight excluding hydrogens is 468 g/mol. The fraction of sp³-hybridized carbons (Fsp3) is 0.103. The Morgan fingerprint density at radius 2 is 1.28 bits per heavy atom. The van der Waals surface area contributed by atoms with Gasteiger partial charge in [0.2, 0.25) is 10.0 Å². The summed E-state index contributed by atoms with van der Waals surface area (Å²) in [6.07, 6.45) is 1.71. The van der Waals surface area contributed by atoms with E-state index in [0.717, 1.165) is 28.1 Å². The van der Waals surface area contributed by atoms with Gasteiger partial charge in [0.1, 0.15) is 0 Å². The van der Waals surface area contributed by atoms with Gasteiger partial charge in [-0.15, -0.1) is 5.10 Å². The van der Waals surface area contributed by atoms with Crippen LogP contribution in [-0.4, -0.2) is 27.7 Å². The van der Waals surface area contributed by atoms with Crippen LogP contribution in [0, 0.1) is 6.92 Å². The van der Waals surface area contributed by atoms with Gasteiger partial charge in [-0.2, -0.15) is 4.31 Å². The quantitative estimate of drug-likeness (QED) is 0.280. The van der Waals surface area contributed by atoms with Gasteiger partial charge < -0.3 is 0 Å². The molecule has 4 aromatic carbocycles. The van der Waals surface area contributed by atoms with Crippen molar-refractivity contribution in [2.45, 2.75) is 24.9 Å². The Hall–Kier alpha value is -4.07. The third kappa shape index (κ3) is 5.12. The number of benzene rings is 4. The van der Waals surface area contributed by atoms with Crippen molar-refractivity contribution in [3.8, 4) is 16.9 Å². The normalized spacial score (nSPS) is 11.6. The molecule has 0 saturated heterocycles. The zero-order valence-corrected chi connectivity index (χ0v) is 20.7. The minimum atomic E-state index is -3.76. The highest BCUT2D eigenvalue weighted by molar-refractivity contribution is 7.89. The molecule has 0 amide bonds. The molecule has 0 saturated carbocycles. The van der Waals surface area contributed by atoms with Crippen molar-refractivity contribution in [1.82, 2.24) is 19.3 Å². The highest BCUT2D eigenvalue weighted by atomic mass is 32.2. The summed E-state index contributed by atoms with van der Waals surface area (Å²) in [7, 11) is -3.76. The van der Waals surface area contributed by atoms with E-state index in [-0.39, 0.29) is 18.0 Å². The fourth-order valence-corrected chi connectivity index (χ4v) is 5.47. The van der Waals surface area contributed by atoms with Crippen LogP contribution in [0.3, 0.4) is 0 Å². The Balaban J connectivity index is 1.45. The molecule has 0 radical (unpaired) electrons. The van der Waals surface area contributed by atoms with Gasteiger partial charge in [0.15, 0.2) is 0 Å². The Kier molecular flexibility index (Phi) is 6.75. The second kappa shape index (κ2) is 10.3. The number of rotatable bonds is 8. The summed E-state index contributed by atoms with van der Waals surface area (Å²) < 4.78 is 30.7. The van der Waals surface area contributed by atoms with Crippen LogP contribution in [0.2, 0.25) is 0 Å². The number of aromatic nitrogens is 3. The summed E-state index contributed by atoms with van der Waals surface area (Å²) in [5.41, 5.74) is 5.58. The lowest BCUT2D eigenvalue weighted by Crippen LogP contribution is -2.30. The largest absolute Gasteiger partial charge is 0.243 e. The van der Waals surface area contributed by atoms with Crippen molar-refractivity contribution in [3.05, 3.63) is 132 Å². The predicted molar refractivity (Wildman–Crippen MR) is 141 cm³/mol. The van der Waals surface area contributed by atoms with Crippen molar-refractivity contribution in [3.63, 3.8) is 0 Å². The van der Waals surface area contributed by atoms with Gasteiger partial charge in [-0.25, -0.2) is 13.1 Å². The lowest BCUT2D eigenvalue weighted by molar-refractivity contribution is 0.401. The molecule has 180 valence electrons. The maximum absolute atomic E-state index is 13.8. The topological polar surface area (TPSA) is 68.1 Å². The lowest BCUT2D eigenvalue weighted by Gasteiger charge is -2.23. The Bertz CT molecular complexity index is 1490. The summed E-state index contributed by atoms with van der Waals surface area (Å²) in [4.78, 5) is 0.232. The predicted octanol–water partition coefficient (Wildman–Crippen LogP) is 5.63. The molecule has 0 aliphatic rings. The van der Waals surface area contributed by atoms with Gasteiger partial charge >= 0.3 is 0 Å². The van der Waals surface area contributed by atoms with Crippen molar-refractivity contribution in [2.75, 3.05) is 0 Å². The summed E-state index contributed by atoms with van der Waals surface area (Å²) >= 11 is 0. The first-order valence-electron chi connectivity index (χ1n) is 11.7. The lowest BCUT2D eigenvalue weighted by atomic mass is 10.1. The van der Waals surface area contributed by atoms with Gasteiger partial charge in [0, 0.05) is 18.7 Å². The van der Waals surface area contributed by atoms with E-state index in [1.165, 1.54) is 9.87 Å². The van der Waals surface area contributed by atoms with E-state index in [1.807, 2.05) is 91.9 Å². The highest BCUT2D eigenvalue weighted by Gasteiger charge is 2.25. The van der Waals surface area contributed by atoms with Crippen LogP contribution >= 0.6 is 0 Å². The first-order chi connectivity index (χ1) is 17.5. The van der Waals surface area contributed by atoms with E-state index in [1.54, 1.807) is 35.1 Å². The molecule has 1 aromatic heterocycles. The SMILES string of the molecule is Cc1ccc(-c2cnnn2-c2ccc(S(=O)(=O)N(Cc3ccccc3)Cc3ccccc3)cc2)cc1. The first kappa shape index (κ1) is 23.7. The number of sulfonamides is 1. The summed E-state index contributed by atoms with van der Waals surface area (Å²) in [6.45, 7) is 2.60. The average molecular weight is 495 g/mol. The second-order valence-electron chi connectivity index (χ2n) is 8.64. The molecule has 0 N–H and O–H groups in total. The maximum Gasteiger partial charge on any atom is 0.243 e. The minimum Gasteiger partial charge on any atom is -0.213 e. The monoisotopic (exact) mass is 494 g/mol. The Labute approximate surface area is 211 Å². The van der Waals surface area contributed by atoms with Gasteiger partial charge in [-0.1, -0.05) is 95.7 Å². The molecule has 36 heavy (non-hydrogen) atoms. The van der Waals surface area contributed by atoms with E-state index < -0.39 is 10.0 Å². The molecule has 5 rings (SSSR count). The first-order valence-corrected chi connectivity index (χ1v) is 13.1. The van der Waals surface area contributed by atoms with Crippen LogP contribution in [0.15, 0.2) is 120 Å². The molecule has 0 fully saturated rings. The van der Waals surface area contributed by atoms with Gasteiger partial charge in [-0.05, 0) is 42.3 Å². The molecule has 0 atom stereocenters. The summed E-state index contributed by atoms with van der Waals surface area (Å²) in [5, 5.41) is 8.31. The van der Waals surface area contributed by atoms with Crippen LogP contribution < -0.4 is 0 Å². The number of nitrogens with zero attached hydrogens (tertiary/aromatic N) is 4.